The molecule has 0 saturated heterocycles. The molecule has 1 atom stereocenters. The molecule has 2 heterocycles. The quantitative estimate of drug-likeness (QED) is 0.379. The van der Waals surface area contributed by atoms with Crippen LogP contribution in [0.4, 0.5) is 0 Å². The molecule has 0 aliphatic carbocycles. The number of hydrogen-bond acceptors (Lipinski definition) is 7. The molecule has 1 unspecified atom stereocenters. The zero-order chi connectivity index (χ0) is 19.6. The van der Waals surface area contributed by atoms with Crippen LogP contribution in [0.1, 0.15) is 38.8 Å². The fourth-order valence-corrected chi connectivity index (χ4v) is 4.06. The van der Waals surface area contributed by atoms with E-state index in [-0.39, 0.29) is 28.6 Å². The van der Waals surface area contributed by atoms with Gasteiger partial charge in [-0.1, -0.05) is 18.2 Å². The van der Waals surface area contributed by atoms with E-state index < -0.39 is 17.7 Å². The molecule has 0 aromatic heterocycles. The van der Waals surface area contributed by atoms with E-state index in [0.717, 1.165) is 0 Å². The zero-order valence-electron chi connectivity index (χ0n) is 14.5. The van der Waals surface area contributed by atoms with Gasteiger partial charge in [0.05, 0.1) is 17.3 Å². The van der Waals surface area contributed by atoms with Gasteiger partial charge in [-0.25, -0.2) is 4.79 Å². The molecule has 2 aliphatic heterocycles. The smallest absolute Gasteiger partial charge is 0.340 e. The summed E-state index contributed by atoms with van der Waals surface area (Å²) in [5, 5.41) is 20.3. The summed E-state index contributed by atoms with van der Waals surface area (Å²) in [7, 11) is 0. The number of phenolic OH excluding ortho intramolecular Hbond substituents is 2. The summed E-state index contributed by atoms with van der Waals surface area (Å²) < 4.78 is 12.0. The van der Waals surface area contributed by atoms with Gasteiger partial charge in [0.15, 0.2) is 5.60 Å². The van der Waals surface area contributed by atoms with Crippen LogP contribution in [0.3, 0.4) is 0 Å². The normalized spacial score (nSPS) is 19.0. The van der Waals surface area contributed by atoms with Gasteiger partial charge in [0.2, 0.25) is 0 Å². The number of carbonyl (C=O) groups is 1. The lowest BCUT2D eigenvalue weighted by Gasteiger charge is -2.37. The van der Waals surface area contributed by atoms with E-state index in [9.17, 15) is 15.0 Å². The van der Waals surface area contributed by atoms with Crippen molar-refractivity contribution in [2.24, 2.45) is 11.5 Å². The van der Waals surface area contributed by atoms with Crippen LogP contribution in [0.25, 0.3) is 0 Å². The molecule has 3 aromatic rings. The van der Waals surface area contributed by atoms with Crippen LogP contribution in [0.2, 0.25) is 0 Å². The maximum Gasteiger partial charge on any atom is 0.340 e. The van der Waals surface area contributed by atoms with E-state index >= 15 is 0 Å². The Hall–Kier alpha value is -3.55. The topological polar surface area (TPSA) is 128 Å². The first kappa shape index (κ1) is 16.6. The fourth-order valence-electron chi connectivity index (χ4n) is 4.06. The van der Waals surface area contributed by atoms with Crippen LogP contribution < -0.4 is 16.2 Å². The second-order valence-electron chi connectivity index (χ2n) is 6.80. The third-order valence-corrected chi connectivity index (χ3v) is 5.21. The number of rotatable bonds is 1. The van der Waals surface area contributed by atoms with Crippen molar-refractivity contribution in [2.75, 3.05) is 0 Å². The highest BCUT2D eigenvalue weighted by molar-refractivity contribution is 5.97. The van der Waals surface area contributed by atoms with Gasteiger partial charge in [-0.05, 0) is 30.3 Å². The molecule has 0 saturated carbocycles. The molecule has 0 bridgehead atoms. The van der Waals surface area contributed by atoms with Gasteiger partial charge in [-0.3, -0.25) is 0 Å². The number of carbonyl (C=O) groups excluding carboxylic acids is 1. The lowest BCUT2D eigenvalue weighted by molar-refractivity contribution is 0.0223. The van der Waals surface area contributed by atoms with Crippen molar-refractivity contribution in [1.82, 2.24) is 0 Å². The Kier molecular flexibility index (Phi) is 3.25. The standard InChI is InChI=1S/C21H16N2O5/c22-19(23)17-15(25)8-7-14-18(17)27-16-9-10(24)5-6-13(16)21(14)12-4-2-1-3-11(12)20(26)28-21/h1-9,19,24-25H,22-23H2. The van der Waals surface area contributed by atoms with Crippen molar-refractivity contribution in [3.8, 4) is 23.0 Å². The number of ether oxygens (including phenoxy) is 2. The van der Waals surface area contributed by atoms with Crippen molar-refractivity contribution < 1.29 is 24.5 Å². The summed E-state index contributed by atoms with van der Waals surface area (Å²) in [4.78, 5) is 12.7. The zero-order valence-corrected chi connectivity index (χ0v) is 14.5. The fraction of sp³-hybridized carbons (Fsp3) is 0.0952. The Morgan fingerprint density at radius 2 is 1.68 bits per heavy atom. The molecule has 28 heavy (non-hydrogen) atoms. The van der Waals surface area contributed by atoms with Crippen LogP contribution in [0.5, 0.6) is 23.0 Å². The van der Waals surface area contributed by atoms with Crippen molar-refractivity contribution in [2.45, 2.75) is 11.8 Å². The SMILES string of the molecule is NC(N)c1c(O)ccc2c1Oc1cc(O)ccc1C21OC(=O)c2ccccc21. The Morgan fingerprint density at radius 3 is 2.46 bits per heavy atom. The second kappa shape index (κ2) is 5.48. The first-order valence-corrected chi connectivity index (χ1v) is 8.65. The van der Waals surface area contributed by atoms with Crippen molar-refractivity contribution in [3.05, 3.63) is 82.4 Å². The minimum atomic E-state index is -1.30. The largest absolute Gasteiger partial charge is 0.508 e. The highest BCUT2D eigenvalue weighted by Crippen LogP contribution is 2.58. The molecule has 6 N–H and O–H groups in total. The summed E-state index contributed by atoms with van der Waals surface area (Å²) in [6.45, 7) is 0. The molecule has 2 aliphatic rings. The molecule has 140 valence electrons. The average molecular weight is 376 g/mol. The molecule has 3 aromatic carbocycles. The van der Waals surface area contributed by atoms with E-state index in [1.807, 2.05) is 6.07 Å². The van der Waals surface area contributed by atoms with Crippen LogP contribution in [0.15, 0.2) is 54.6 Å². The highest BCUT2D eigenvalue weighted by Gasteiger charge is 2.54. The van der Waals surface area contributed by atoms with Crippen molar-refractivity contribution >= 4 is 5.97 Å². The minimum absolute atomic E-state index is 0.0197. The van der Waals surface area contributed by atoms with Crippen LogP contribution in [0, 0.1) is 0 Å². The van der Waals surface area contributed by atoms with E-state index in [4.69, 9.17) is 20.9 Å². The first-order chi connectivity index (χ1) is 13.4. The number of phenols is 2. The summed E-state index contributed by atoms with van der Waals surface area (Å²) in [5.41, 5.74) is 12.8. The van der Waals surface area contributed by atoms with E-state index in [0.29, 0.717) is 22.3 Å². The molecule has 0 amide bonds. The number of esters is 1. The van der Waals surface area contributed by atoms with E-state index in [1.165, 1.54) is 18.2 Å². The van der Waals surface area contributed by atoms with Gasteiger partial charge in [0, 0.05) is 22.8 Å². The lowest BCUT2D eigenvalue weighted by atomic mass is 9.77. The maximum atomic E-state index is 12.7. The van der Waals surface area contributed by atoms with Gasteiger partial charge in [-0.15, -0.1) is 0 Å². The van der Waals surface area contributed by atoms with Gasteiger partial charge in [0.25, 0.3) is 0 Å². The monoisotopic (exact) mass is 376 g/mol. The number of aromatic hydroxyl groups is 2. The van der Waals surface area contributed by atoms with Crippen LogP contribution in [-0.4, -0.2) is 16.2 Å². The van der Waals surface area contributed by atoms with Gasteiger partial charge in [0.1, 0.15) is 23.0 Å². The lowest BCUT2D eigenvalue weighted by Crippen LogP contribution is -2.34. The van der Waals surface area contributed by atoms with E-state index in [2.05, 4.69) is 0 Å². The number of nitrogens with two attached hydrogens (primary N) is 2. The van der Waals surface area contributed by atoms with Gasteiger partial charge in [-0.2, -0.15) is 0 Å². The summed E-state index contributed by atoms with van der Waals surface area (Å²) in [6, 6.07) is 14.7. The molecular weight excluding hydrogens is 360 g/mol. The molecule has 0 fully saturated rings. The number of benzene rings is 3. The number of fused-ring (bicyclic) bond motifs is 6. The highest BCUT2D eigenvalue weighted by atomic mass is 16.6. The molecule has 7 heteroatoms. The Balaban J connectivity index is 1.93. The summed E-state index contributed by atoms with van der Waals surface area (Å²) >= 11 is 0. The van der Waals surface area contributed by atoms with Crippen LogP contribution >= 0.6 is 0 Å². The maximum absolute atomic E-state index is 12.7. The summed E-state index contributed by atoms with van der Waals surface area (Å²) in [6.07, 6.45) is -1.03. The Bertz CT molecular complexity index is 1160. The first-order valence-electron chi connectivity index (χ1n) is 8.65. The van der Waals surface area contributed by atoms with Crippen molar-refractivity contribution in [3.63, 3.8) is 0 Å². The Morgan fingerprint density at radius 1 is 0.929 bits per heavy atom. The predicted octanol–water partition coefficient (Wildman–Crippen LogP) is 2.58. The number of hydrogen-bond donors (Lipinski definition) is 4. The third kappa shape index (κ3) is 1.97. The Labute approximate surface area is 159 Å². The third-order valence-electron chi connectivity index (χ3n) is 5.21. The molecule has 7 nitrogen and oxygen atoms in total. The van der Waals surface area contributed by atoms with E-state index in [1.54, 1.807) is 30.3 Å². The molecule has 5 rings (SSSR count). The molecular formula is C21H16N2O5. The summed E-state index contributed by atoms with van der Waals surface area (Å²) in [5.74, 6) is -0.143. The predicted molar refractivity (Wildman–Crippen MR) is 99.1 cm³/mol. The average Bonchev–Trinajstić information content (AvgIpc) is 2.95. The second-order valence-corrected chi connectivity index (χ2v) is 6.80. The molecule has 0 radical (unpaired) electrons. The van der Waals surface area contributed by atoms with Gasteiger partial charge < -0.3 is 31.2 Å². The van der Waals surface area contributed by atoms with Crippen LogP contribution in [-0.2, 0) is 10.3 Å². The minimum Gasteiger partial charge on any atom is -0.508 e. The van der Waals surface area contributed by atoms with Gasteiger partial charge >= 0.3 is 5.97 Å². The molecule has 1 spiro atoms. The van der Waals surface area contributed by atoms with Crippen molar-refractivity contribution in [1.29, 1.82) is 0 Å².